The topological polar surface area (TPSA) is 93.5 Å². The molecule has 0 aliphatic rings. The third-order valence-corrected chi connectivity index (χ3v) is 1.94. The van der Waals surface area contributed by atoms with Crippen molar-refractivity contribution in [2.24, 2.45) is 0 Å². The Balaban J connectivity index is 2.58. The third kappa shape index (κ3) is 4.86. The molecule has 0 bridgehead atoms. The summed E-state index contributed by atoms with van der Waals surface area (Å²) < 4.78 is 6.56. The summed E-state index contributed by atoms with van der Waals surface area (Å²) in [7, 11) is 0. The highest BCUT2D eigenvalue weighted by molar-refractivity contribution is 5.79. The number of carbonyl (C=O) groups excluding carboxylic acids is 1. The Morgan fingerprint density at radius 1 is 1.50 bits per heavy atom. The summed E-state index contributed by atoms with van der Waals surface area (Å²) in [6.07, 6.45) is 3.88. The number of ether oxygens (including phenoxy) is 1. The summed E-state index contributed by atoms with van der Waals surface area (Å²) in [6, 6.07) is -1.06. The van der Waals surface area contributed by atoms with E-state index >= 15 is 0 Å². The Hall–Kier alpha value is -2.05. The number of hydrogen-bond donors (Lipinski definition) is 2. The van der Waals surface area contributed by atoms with Gasteiger partial charge in [-0.2, -0.15) is 0 Å². The molecule has 7 nitrogen and oxygen atoms in total. The van der Waals surface area contributed by atoms with Crippen molar-refractivity contribution >= 4 is 12.1 Å². The number of aromatic nitrogens is 2. The number of carbonyl (C=O) groups is 2. The molecule has 0 aromatic carbocycles. The first kappa shape index (κ1) is 14.0. The molecule has 1 rings (SSSR count). The largest absolute Gasteiger partial charge is 0.480 e. The van der Waals surface area contributed by atoms with Crippen molar-refractivity contribution in [3.8, 4) is 0 Å². The molecule has 0 aliphatic carbocycles. The van der Waals surface area contributed by atoms with E-state index < -0.39 is 23.7 Å². The molecule has 2 N–H and O–H groups in total. The van der Waals surface area contributed by atoms with Gasteiger partial charge in [-0.05, 0) is 20.8 Å². The Morgan fingerprint density at radius 2 is 2.17 bits per heavy atom. The van der Waals surface area contributed by atoms with Crippen LogP contribution in [0.1, 0.15) is 20.8 Å². The SMILES string of the molecule is CC(C)(C)OC(=O)N[C@H](Cn1ccnc1)C(=O)O. The van der Waals surface area contributed by atoms with Crippen molar-refractivity contribution in [2.45, 2.75) is 39.0 Å². The minimum Gasteiger partial charge on any atom is -0.480 e. The van der Waals surface area contributed by atoms with E-state index in [9.17, 15) is 9.59 Å². The van der Waals surface area contributed by atoms with Crippen molar-refractivity contribution in [1.29, 1.82) is 0 Å². The lowest BCUT2D eigenvalue weighted by Gasteiger charge is -2.22. The average Bonchev–Trinajstić information content (AvgIpc) is 2.66. The number of rotatable bonds is 4. The maximum atomic E-state index is 11.5. The highest BCUT2D eigenvalue weighted by Gasteiger charge is 2.24. The number of alkyl carbamates (subject to hydrolysis) is 1. The fraction of sp³-hybridized carbons (Fsp3) is 0.545. The van der Waals surface area contributed by atoms with Crippen LogP contribution in [-0.2, 0) is 16.1 Å². The van der Waals surface area contributed by atoms with Crippen LogP contribution < -0.4 is 5.32 Å². The third-order valence-electron chi connectivity index (χ3n) is 1.94. The molecular formula is C11H17N3O4. The Bertz CT molecular complexity index is 408. The van der Waals surface area contributed by atoms with Crippen molar-refractivity contribution in [3.05, 3.63) is 18.7 Å². The zero-order valence-electron chi connectivity index (χ0n) is 10.6. The monoisotopic (exact) mass is 255 g/mol. The lowest BCUT2D eigenvalue weighted by molar-refractivity contribution is -0.139. The number of carboxylic acids is 1. The van der Waals surface area contributed by atoms with E-state index in [0.717, 1.165) is 0 Å². The molecule has 0 saturated heterocycles. The van der Waals surface area contributed by atoms with Crippen molar-refractivity contribution in [3.63, 3.8) is 0 Å². The molecule has 1 aromatic rings. The maximum absolute atomic E-state index is 11.5. The highest BCUT2D eigenvalue weighted by Crippen LogP contribution is 2.07. The molecule has 0 saturated carbocycles. The van der Waals surface area contributed by atoms with E-state index in [0.29, 0.717) is 0 Å². The van der Waals surface area contributed by atoms with Crippen LogP contribution in [0.5, 0.6) is 0 Å². The average molecular weight is 255 g/mol. The van der Waals surface area contributed by atoms with Crippen molar-refractivity contribution < 1.29 is 19.4 Å². The van der Waals surface area contributed by atoms with Gasteiger partial charge in [0.25, 0.3) is 0 Å². The Kier molecular flexibility index (Phi) is 4.30. The number of hydrogen-bond acceptors (Lipinski definition) is 4. The predicted octanol–water partition coefficient (Wildman–Crippen LogP) is 0.861. The summed E-state index contributed by atoms with van der Waals surface area (Å²) >= 11 is 0. The molecule has 1 atom stereocenters. The van der Waals surface area contributed by atoms with Crippen molar-refractivity contribution in [2.75, 3.05) is 0 Å². The van der Waals surface area contributed by atoms with Gasteiger partial charge in [-0.15, -0.1) is 0 Å². The maximum Gasteiger partial charge on any atom is 0.408 e. The van der Waals surface area contributed by atoms with Gasteiger partial charge in [-0.25, -0.2) is 14.6 Å². The highest BCUT2D eigenvalue weighted by atomic mass is 16.6. The number of aliphatic carboxylic acids is 1. The second-order valence-electron chi connectivity index (χ2n) is 4.80. The molecule has 1 amide bonds. The summed E-state index contributed by atoms with van der Waals surface area (Å²) in [4.78, 5) is 26.3. The van der Waals surface area contributed by atoms with Crippen LogP contribution in [0.4, 0.5) is 4.79 Å². The number of carboxylic acid groups (broad SMARTS) is 1. The summed E-state index contributed by atoms with van der Waals surface area (Å²) in [5, 5.41) is 11.3. The number of amides is 1. The van der Waals surface area contributed by atoms with E-state index in [4.69, 9.17) is 9.84 Å². The molecule has 1 aromatic heterocycles. The molecule has 0 unspecified atom stereocenters. The van der Waals surface area contributed by atoms with E-state index in [2.05, 4.69) is 10.3 Å². The lowest BCUT2D eigenvalue weighted by atomic mass is 10.2. The van der Waals surface area contributed by atoms with Crippen LogP contribution in [0.3, 0.4) is 0 Å². The summed E-state index contributed by atoms with van der Waals surface area (Å²) in [6.45, 7) is 5.21. The Labute approximate surface area is 105 Å². The number of nitrogens with one attached hydrogen (secondary N) is 1. The number of imidazole rings is 1. The zero-order valence-corrected chi connectivity index (χ0v) is 10.6. The molecule has 18 heavy (non-hydrogen) atoms. The molecular weight excluding hydrogens is 238 g/mol. The van der Waals surface area contributed by atoms with Crippen molar-refractivity contribution in [1.82, 2.24) is 14.9 Å². The van der Waals surface area contributed by atoms with E-state index in [1.54, 1.807) is 31.5 Å². The molecule has 0 fully saturated rings. The smallest absolute Gasteiger partial charge is 0.408 e. The van der Waals surface area contributed by atoms with Gasteiger partial charge in [0.2, 0.25) is 0 Å². The van der Waals surface area contributed by atoms with Gasteiger partial charge in [-0.1, -0.05) is 0 Å². The molecule has 100 valence electrons. The quantitative estimate of drug-likeness (QED) is 0.832. The van der Waals surface area contributed by atoms with Gasteiger partial charge in [-0.3, -0.25) is 0 Å². The van der Waals surface area contributed by atoms with Gasteiger partial charge >= 0.3 is 12.1 Å². The molecule has 0 aliphatic heterocycles. The van der Waals surface area contributed by atoms with Crippen LogP contribution in [0.15, 0.2) is 18.7 Å². The first-order valence-corrected chi connectivity index (χ1v) is 5.46. The van der Waals surface area contributed by atoms with Gasteiger partial charge in [0.1, 0.15) is 11.6 Å². The van der Waals surface area contributed by atoms with E-state index in [-0.39, 0.29) is 6.54 Å². The van der Waals surface area contributed by atoms with Crippen LogP contribution in [-0.4, -0.2) is 38.4 Å². The molecule has 0 radical (unpaired) electrons. The first-order valence-electron chi connectivity index (χ1n) is 5.46. The first-order chi connectivity index (χ1) is 8.28. The van der Waals surface area contributed by atoms with Crippen LogP contribution in [0.25, 0.3) is 0 Å². The van der Waals surface area contributed by atoms with Gasteiger partial charge < -0.3 is 19.7 Å². The Morgan fingerprint density at radius 3 is 2.61 bits per heavy atom. The summed E-state index contributed by atoms with van der Waals surface area (Å²) in [5.41, 5.74) is -0.665. The van der Waals surface area contributed by atoms with Gasteiger partial charge in [0, 0.05) is 12.4 Å². The second-order valence-corrected chi connectivity index (χ2v) is 4.80. The summed E-state index contributed by atoms with van der Waals surface area (Å²) in [5.74, 6) is -1.13. The fourth-order valence-electron chi connectivity index (χ4n) is 1.24. The minimum absolute atomic E-state index is 0.0918. The van der Waals surface area contributed by atoms with Gasteiger partial charge in [0.05, 0.1) is 12.9 Å². The molecule has 7 heteroatoms. The van der Waals surface area contributed by atoms with Gasteiger partial charge in [0.15, 0.2) is 0 Å². The minimum atomic E-state index is -1.13. The standard InChI is InChI=1S/C11H17N3O4/c1-11(2,3)18-10(17)13-8(9(15)16)6-14-5-4-12-7-14/h4-5,7-8H,6H2,1-3H3,(H,13,17)(H,15,16)/t8-/m1/s1. The van der Waals surface area contributed by atoms with Crippen LogP contribution >= 0.6 is 0 Å². The second kappa shape index (κ2) is 5.52. The normalized spacial score (nSPS) is 12.8. The van der Waals surface area contributed by atoms with E-state index in [1.165, 1.54) is 12.5 Å². The number of nitrogens with zero attached hydrogens (tertiary/aromatic N) is 2. The van der Waals surface area contributed by atoms with Crippen LogP contribution in [0.2, 0.25) is 0 Å². The van der Waals surface area contributed by atoms with E-state index in [1.807, 2.05) is 0 Å². The molecule has 1 heterocycles. The predicted molar refractivity (Wildman–Crippen MR) is 63.0 cm³/mol. The lowest BCUT2D eigenvalue weighted by Crippen LogP contribution is -2.45. The zero-order chi connectivity index (χ0) is 13.8. The fourth-order valence-corrected chi connectivity index (χ4v) is 1.24. The van der Waals surface area contributed by atoms with Crippen LogP contribution in [0, 0.1) is 0 Å². The molecule has 0 spiro atoms.